The molecule has 1 atom stereocenters. The van der Waals surface area contributed by atoms with E-state index in [0.717, 1.165) is 17.4 Å². The number of rotatable bonds is 13. The molecule has 2 rings (SSSR count). The van der Waals surface area contributed by atoms with E-state index in [1.165, 1.54) is 4.31 Å². The van der Waals surface area contributed by atoms with Gasteiger partial charge in [0.1, 0.15) is 6.04 Å². The summed E-state index contributed by atoms with van der Waals surface area (Å²) in [7, 11) is -3.57. The van der Waals surface area contributed by atoms with E-state index in [1.807, 2.05) is 52.0 Å². The van der Waals surface area contributed by atoms with Gasteiger partial charge in [0, 0.05) is 31.1 Å². The molecule has 2 aromatic rings. The number of aryl methyl sites for hydroxylation is 1. The monoisotopic (exact) mass is 535 g/mol. The zero-order chi connectivity index (χ0) is 26.9. The lowest BCUT2D eigenvalue weighted by Gasteiger charge is -2.31. The highest BCUT2D eigenvalue weighted by atomic mass is 35.5. The second kappa shape index (κ2) is 13.7. The van der Waals surface area contributed by atoms with Crippen LogP contribution in [0.25, 0.3) is 0 Å². The van der Waals surface area contributed by atoms with Crippen molar-refractivity contribution in [2.45, 2.75) is 59.5 Å². The molecule has 0 saturated heterocycles. The van der Waals surface area contributed by atoms with Crippen LogP contribution >= 0.6 is 11.6 Å². The smallest absolute Gasteiger partial charge is 0.242 e. The highest BCUT2D eigenvalue weighted by molar-refractivity contribution is 7.92. The highest BCUT2D eigenvalue weighted by Crippen LogP contribution is 2.23. The van der Waals surface area contributed by atoms with Gasteiger partial charge in [-0.05, 0) is 55.0 Å². The van der Waals surface area contributed by atoms with Gasteiger partial charge in [-0.3, -0.25) is 13.9 Å². The van der Waals surface area contributed by atoms with E-state index in [-0.39, 0.29) is 24.8 Å². The Balaban J connectivity index is 2.22. The number of amides is 2. The molecule has 0 aliphatic heterocycles. The second-order valence-corrected chi connectivity index (χ2v) is 11.8. The van der Waals surface area contributed by atoms with Crippen LogP contribution in [0.3, 0.4) is 0 Å². The molecule has 0 heterocycles. The van der Waals surface area contributed by atoms with Crippen molar-refractivity contribution in [1.29, 1.82) is 0 Å². The standard InChI is InChI=1S/C27H38ClN3O4S/c1-6-25(27(33)29-18-20(2)3)30(19-22-12-8-7-11-21(22)4)26(32)15-10-16-31(36(5,34)35)24-14-9-13-23(28)17-24/h7-9,11-14,17,20,25H,6,10,15-16,18-19H2,1-5H3,(H,29,33)/t25-/m0/s1. The minimum atomic E-state index is -3.57. The van der Waals surface area contributed by atoms with E-state index >= 15 is 0 Å². The van der Waals surface area contributed by atoms with Crippen molar-refractivity contribution in [2.75, 3.05) is 23.7 Å². The Kier molecular flexibility index (Phi) is 11.2. The number of sulfonamides is 1. The summed E-state index contributed by atoms with van der Waals surface area (Å²) in [5, 5.41) is 3.39. The van der Waals surface area contributed by atoms with Crippen molar-refractivity contribution in [1.82, 2.24) is 10.2 Å². The molecule has 0 fully saturated rings. The van der Waals surface area contributed by atoms with Gasteiger partial charge in [0.25, 0.3) is 0 Å². The summed E-state index contributed by atoms with van der Waals surface area (Å²) in [6.45, 7) is 8.87. The zero-order valence-corrected chi connectivity index (χ0v) is 23.4. The average Bonchev–Trinajstić information content (AvgIpc) is 2.80. The van der Waals surface area contributed by atoms with Gasteiger partial charge in [-0.25, -0.2) is 8.42 Å². The Morgan fingerprint density at radius 2 is 1.78 bits per heavy atom. The minimum Gasteiger partial charge on any atom is -0.354 e. The fraction of sp³-hybridized carbons (Fsp3) is 0.481. The first kappa shape index (κ1) is 29.6. The van der Waals surface area contributed by atoms with Crippen LogP contribution in [-0.4, -0.2) is 50.5 Å². The third-order valence-corrected chi connectivity index (χ3v) is 7.35. The van der Waals surface area contributed by atoms with Crippen LogP contribution in [0.15, 0.2) is 48.5 Å². The van der Waals surface area contributed by atoms with Crippen LogP contribution in [0.1, 0.15) is 51.2 Å². The molecule has 9 heteroatoms. The topological polar surface area (TPSA) is 86.8 Å². The van der Waals surface area contributed by atoms with Gasteiger partial charge in [0.05, 0.1) is 11.9 Å². The molecule has 0 aliphatic carbocycles. The number of halogens is 1. The molecule has 0 spiro atoms. The summed E-state index contributed by atoms with van der Waals surface area (Å²) in [5.41, 5.74) is 2.46. The molecule has 1 N–H and O–H groups in total. The number of anilines is 1. The number of carbonyl (C=O) groups excluding carboxylic acids is 2. The first-order valence-corrected chi connectivity index (χ1v) is 14.5. The van der Waals surface area contributed by atoms with Gasteiger partial charge in [-0.1, -0.05) is 62.7 Å². The van der Waals surface area contributed by atoms with E-state index in [2.05, 4.69) is 5.32 Å². The normalized spacial score (nSPS) is 12.3. The van der Waals surface area contributed by atoms with Crippen molar-refractivity contribution < 1.29 is 18.0 Å². The summed E-state index contributed by atoms with van der Waals surface area (Å²) in [4.78, 5) is 28.1. The van der Waals surface area contributed by atoms with Crippen molar-refractivity contribution in [3.63, 3.8) is 0 Å². The van der Waals surface area contributed by atoms with Crippen molar-refractivity contribution in [2.24, 2.45) is 5.92 Å². The van der Waals surface area contributed by atoms with Crippen LogP contribution in [0.4, 0.5) is 5.69 Å². The molecule has 2 aromatic carbocycles. The molecule has 0 saturated carbocycles. The number of nitrogens with one attached hydrogen (secondary N) is 1. The summed E-state index contributed by atoms with van der Waals surface area (Å²) in [6, 6.07) is 13.8. The van der Waals surface area contributed by atoms with Gasteiger partial charge in [-0.2, -0.15) is 0 Å². The lowest BCUT2D eigenvalue weighted by Crippen LogP contribution is -2.49. The maximum absolute atomic E-state index is 13.5. The molecule has 0 unspecified atom stereocenters. The number of hydrogen-bond donors (Lipinski definition) is 1. The Labute approximate surface area is 220 Å². The molecule has 198 valence electrons. The Morgan fingerprint density at radius 1 is 1.08 bits per heavy atom. The Bertz CT molecular complexity index is 1140. The fourth-order valence-corrected chi connectivity index (χ4v) is 5.09. The first-order chi connectivity index (χ1) is 16.9. The summed E-state index contributed by atoms with van der Waals surface area (Å²) < 4.78 is 26.1. The summed E-state index contributed by atoms with van der Waals surface area (Å²) >= 11 is 6.06. The summed E-state index contributed by atoms with van der Waals surface area (Å²) in [6.07, 6.45) is 2.01. The predicted molar refractivity (Wildman–Crippen MR) is 147 cm³/mol. The summed E-state index contributed by atoms with van der Waals surface area (Å²) in [5.74, 6) is -0.0744. The van der Waals surface area contributed by atoms with Crippen LogP contribution < -0.4 is 9.62 Å². The van der Waals surface area contributed by atoms with Crippen LogP contribution in [0.2, 0.25) is 5.02 Å². The third-order valence-electron chi connectivity index (χ3n) is 5.92. The quantitative estimate of drug-likeness (QED) is 0.400. The average molecular weight is 536 g/mol. The lowest BCUT2D eigenvalue weighted by molar-refractivity contribution is -0.141. The number of benzene rings is 2. The zero-order valence-electron chi connectivity index (χ0n) is 21.8. The molecular weight excluding hydrogens is 498 g/mol. The maximum Gasteiger partial charge on any atom is 0.242 e. The fourth-order valence-electron chi connectivity index (χ4n) is 3.95. The molecule has 36 heavy (non-hydrogen) atoms. The minimum absolute atomic E-state index is 0.104. The van der Waals surface area contributed by atoms with E-state index in [4.69, 9.17) is 11.6 Å². The Hall–Kier alpha value is -2.58. The van der Waals surface area contributed by atoms with Crippen LogP contribution in [0, 0.1) is 12.8 Å². The van der Waals surface area contributed by atoms with E-state index in [1.54, 1.807) is 29.2 Å². The maximum atomic E-state index is 13.5. The van der Waals surface area contributed by atoms with Gasteiger partial charge in [0.15, 0.2) is 0 Å². The number of nitrogens with zero attached hydrogens (tertiary/aromatic N) is 2. The molecule has 2 amide bonds. The van der Waals surface area contributed by atoms with Crippen molar-refractivity contribution in [3.05, 3.63) is 64.7 Å². The second-order valence-electron chi connectivity index (χ2n) is 9.43. The molecule has 0 radical (unpaired) electrons. The third kappa shape index (κ3) is 8.82. The van der Waals surface area contributed by atoms with Crippen LogP contribution in [0.5, 0.6) is 0 Å². The van der Waals surface area contributed by atoms with Crippen molar-refractivity contribution >= 4 is 39.1 Å². The van der Waals surface area contributed by atoms with E-state index in [0.29, 0.717) is 42.6 Å². The largest absolute Gasteiger partial charge is 0.354 e. The van der Waals surface area contributed by atoms with E-state index < -0.39 is 16.1 Å². The molecule has 0 aromatic heterocycles. The lowest BCUT2D eigenvalue weighted by atomic mass is 10.0. The van der Waals surface area contributed by atoms with Gasteiger partial charge >= 0.3 is 0 Å². The van der Waals surface area contributed by atoms with Gasteiger partial charge in [0.2, 0.25) is 21.8 Å². The Morgan fingerprint density at radius 3 is 2.36 bits per heavy atom. The van der Waals surface area contributed by atoms with Gasteiger partial charge < -0.3 is 10.2 Å². The molecule has 0 bridgehead atoms. The van der Waals surface area contributed by atoms with Crippen LogP contribution in [-0.2, 0) is 26.2 Å². The highest BCUT2D eigenvalue weighted by Gasteiger charge is 2.29. The molecule has 0 aliphatic rings. The first-order valence-electron chi connectivity index (χ1n) is 12.3. The molecular formula is C27H38ClN3O4S. The number of hydrogen-bond acceptors (Lipinski definition) is 4. The van der Waals surface area contributed by atoms with Gasteiger partial charge in [-0.15, -0.1) is 0 Å². The molecule has 7 nitrogen and oxygen atoms in total. The van der Waals surface area contributed by atoms with E-state index in [9.17, 15) is 18.0 Å². The number of carbonyl (C=O) groups is 2. The van der Waals surface area contributed by atoms with Crippen molar-refractivity contribution in [3.8, 4) is 0 Å². The predicted octanol–water partition coefficient (Wildman–Crippen LogP) is 4.77. The SMILES string of the molecule is CC[C@@H](C(=O)NCC(C)C)N(Cc1ccccc1C)C(=O)CCCN(c1cccc(Cl)c1)S(C)(=O)=O.